The molecule has 0 saturated heterocycles. The Morgan fingerprint density at radius 3 is 1.48 bits per heavy atom. The predicted molar refractivity (Wildman–Crippen MR) is 225 cm³/mol. The summed E-state index contributed by atoms with van der Waals surface area (Å²) in [5.74, 6) is -11.2. The van der Waals surface area contributed by atoms with E-state index in [1.54, 1.807) is 51.1 Å². The van der Waals surface area contributed by atoms with Crippen molar-refractivity contribution in [2.75, 3.05) is 12.4 Å². The average Bonchev–Trinajstić information content (AvgIpc) is 3.20. The second kappa shape index (κ2) is 26.9. The standard InChI is InChI=1S/C39H62N8O14S/c1-7-19(4)29(40)36(57)41-23(14-22-11-9-8-10-12-22)33(54)46-31(21(6)50)38(59)44-26(16-48)34(55)47-30(20(5)49)37(58)42-24(15-28(51)52)32(53)45-27(17-62)35(56)43-25(39(60)61)13-18(2)3/h8-12,18-21,23-27,29-31,48-50,62H,7,13-17,40H2,1-6H3,(H,41,57)(H,42,58)(H,43,56)(H,44,59)(H,45,53)(H,46,54)(H,47,55)(H,51,52)(H,60,61)/t19-,20+,21+,23+,24+,25+,26+,27+,29+,30+,31+/m0/s1. The van der Waals surface area contributed by atoms with Crippen LogP contribution in [0.25, 0.3) is 0 Å². The minimum atomic E-state index is -1.95. The Bertz CT molecular complexity index is 1700. The van der Waals surface area contributed by atoms with E-state index in [-0.39, 0.29) is 30.4 Å². The number of thiol groups is 1. The van der Waals surface area contributed by atoms with Gasteiger partial charge in [-0.3, -0.25) is 38.4 Å². The minimum absolute atomic E-state index is 0.0438. The number of aliphatic carboxylic acids is 2. The number of carbonyl (C=O) groups excluding carboxylic acids is 7. The van der Waals surface area contributed by atoms with Gasteiger partial charge in [0.15, 0.2) is 0 Å². The van der Waals surface area contributed by atoms with Gasteiger partial charge in [0.2, 0.25) is 41.4 Å². The van der Waals surface area contributed by atoms with Crippen LogP contribution < -0.4 is 43.0 Å². The van der Waals surface area contributed by atoms with E-state index in [1.807, 2.05) is 6.92 Å². The van der Waals surface area contributed by atoms with Crippen molar-refractivity contribution in [3.05, 3.63) is 35.9 Å². The number of aliphatic hydroxyl groups excluding tert-OH is 3. The van der Waals surface area contributed by atoms with Crippen molar-refractivity contribution in [2.24, 2.45) is 17.6 Å². The highest BCUT2D eigenvalue weighted by Crippen LogP contribution is 2.10. The molecule has 0 aromatic heterocycles. The van der Waals surface area contributed by atoms with Gasteiger partial charge in [0.1, 0.15) is 42.3 Å². The van der Waals surface area contributed by atoms with Gasteiger partial charge in [0.25, 0.3) is 0 Å². The van der Waals surface area contributed by atoms with E-state index in [4.69, 9.17) is 5.73 Å². The molecule has 348 valence electrons. The first-order valence-electron chi connectivity index (χ1n) is 19.9. The molecule has 0 unspecified atom stereocenters. The molecule has 11 atom stereocenters. The molecule has 1 aromatic rings. The lowest BCUT2D eigenvalue weighted by Crippen LogP contribution is -2.63. The summed E-state index contributed by atoms with van der Waals surface area (Å²) in [5.41, 5.74) is 6.71. The van der Waals surface area contributed by atoms with Crippen molar-refractivity contribution in [3.63, 3.8) is 0 Å². The summed E-state index contributed by atoms with van der Waals surface area (Å²) in [4.78, 5) is 116. The van der Waals surface area contributed by atoms with E-state index in [9.17, 15) is 68.7 Å². The van der Waals surface area contributed by atoms with Crippen LogP contribution in [0.5, 0.6) is 0 Å². The van der Waals surface area contributed by atoms with Crippen LogP contribution in [0.1, 0.15) is 66.4 Å². The van der Waals surface area contributed by atoms with Crippen LogP contribution in [0.2, 0.25) is 0 Å². The molecule has 0 fully saturated rings. The third-order valence-electron chi connectivity index (χ3n) is 9.57. The van der Waals surface area contributed by atoms with Crippen LogP contribution in [0, 0.1) is 11.8 Å². The number of amides is 7. The Labute approximate surface area is 364 Å². The van der Waals surface area contributed by atoms with Gasteiger partial charge in [-0.25, -0.2) is 4.79 Å². The van der Waals surface area contributed by atoms with E-state index in [1.165, 1.54) is 0 Å². The fourth-order valence-corrected chi connectivity index (χ4v) is 5.95. The molecule has 7 amide bonds. The van der Waals surface area contributed by atoms with Crippen LogP contribution in [0.4, 0.5) is 0 Å². The summed E-state index contributed by atoms with van der Waals surface area (Å²) in [6, 6.07) is -4.09. The maximum Gasteiger partial charge on any atom is 0.326 e. The van der Waals surface area contributed by atoms with E-state index in [2.05, 4.69) is 49.8 Å². The number of nitrogens with two attached hydrogens (primary N) is 1. The first-order valence-corrected chi connectivity index (χ1v) is 20.5. The van der Waals surface area contributed by atoms with E-state index in [0.717, 1.165) is 13.8 Å². The summed E-state index contributed by atoms with van der Waals surface area (Å²) in [6.45, 7) is 8.09. The third-order valence-corrected chi connectivity index (χ3v) is 9.93. The van der Waals surface area contributed by atoms with Crippen molar-refractivity contribution in [2.45, 2.75) is 128 Å². The zero-order valence-electron chi connectivity index (χ0n) is 35.5. The second-order valence-electron chi connectivity index (χ2n) is 15.3. The molecule has 0 bridgehead atoms. The number of carboxylic acid groups (broad SMARTS) is 2. The number of hydrogen-bond acceptors (Lipinski definition) is 14. The molecule has 0 radical (unpaired) electrons. The Balaban J connectivity index is 3.21. The van der Waals surface area contributed by atoms with Gasteiger partial charge in [-0.05, 0) is 37.7 Å². The minimum Gasteiger partial charge on any atom is -0.481 e. The molecule has 14 N–H and O–H groups in total. The van der Waals surface area contributed by atoms with Crippen LogP contribution >= 0.6 is 12.6 Å². The lowest BCUT2D eigenvalue weighted by atomic mass is 9.98. The molecule has 1 rings (SSSR count). The Morgan fingerprint density at radius 2 is 1.05 bits per heavy atom. The fraction of sp³-hybridized carbons (Fsp3) is 0.615. The summed E-state index contributed by atoms with van der Waals surface area (Å²) in [6.07, 6.45) is -3.86. The van der Waals surface area contributed by atoms with Crippen molar-refractivity contribution in [1.82, 2.24) is 37.2 Å². The van der Waals surface area contributed by atoms with Gasteiger partial charge in [-0.2, -0.15) is 12.6 Å². The van der Waals surface area contributed by atoms with Crippen molar-refractivity contribution in [3.8, 4) is 0 Å². The number of carbonyl (C=O) groups is 9. The number of carboxylic acids is 2. The number of hydrogen-bond donors (Lipinski definition) is 14. The monoisotopic (exact) mass is 898 g/mol. The molecule has 22 nitrogen and oxygen atoms in total. The Morgan fingerprint density at radius 1 is 0.613 bits per heavy atom. The molecule has 0 aliphatic heterocycles. The maximum atomic E-state index is 13.6. The van der Waals surface area contributed by atoms with Crippen molar-refractivity contribution < 1.29 is 68.7 Å². The number of aliphatic hydroxyl groups is 3. The lowest BCUT2D eigenvalue weighted by Gasteiger charge is -2.28. The molecular formula is C39H62N8O14S. The quantitative estimate of drug-likeness (QED) is 0.0378. The summed E-state index contributed by atoms with van der Waals surface area (Å²) >= 11 is 4.01. The third kappa shape index (κ3) is 18.3. The summed E-state index contributed by atoms with van der Waals surface area (Å²) < 4.78 is 0. The summed E-state index contributed by atoms with van der Waals surface area (Å²) in [5, 5.41) is 65.7. The lowest BCUT2D eigenvalue weighted by molar-refractivity contribution is -0.143. The van der Waals surface area contributed by atoms with Crippen LogP contribution in [0.15, 0.2) is 30.3 Å². The van der Waals surface area contributed by atoms with Crippen LogP contribution in [-0.4, -0.2) is 152 Å². The van der Waals surface area contributed by atoms with Gasteiger partial charge in [-0.15, -0.1) is 0 Å². The normalized spacial score (nSPS) is 16.5. The Hall–Kier alpha value is -5.36. The van der Waals surface area contributed by atoms with Crippen molar-refractivity contribution >= 4 is 65.9 Å². The molecule has 0 heterocycles. The number of rotatable bonds is 27. The van der Waals surface area contributed by atoms with Crippen molar-refractivity contribution in [1.29, 1.82) is 0 Å². The van der Waals surface area contributed by atoms with Gasteiger partial charge < -0.3 is 68.5 Å². The predicted octanol–water partition coefficient (Wildman–Crippen LogP) is -3.71. The van der Waals surface area contributed by atoms with E-state index >= 15 is 0 Å². The van der Waals surface area contributed by atoms with Gasteiger partial charge in [0, 0.05) is 12.2 Å². The number of nitrogens with one attached hydrogen (secondary N) is 7. The first kappa shape index (κ1) is 54.7. The molecule has 0 spiro atoms. The average molecular weight is 899 g/mol. The highest BCUT2D eigenvalue weighted by molar-refractivity contribution is 7.80. The largest absolute Gasteiger partial charge is 0.481 e. The molecule has 0 aliphatic carbocycles. The second-order valence-corrected chi connectivity index (χ2v) is 15.7. The molecule has 62 heavy (non-hydrogen) atoms. The molecule has 23 heteroatoms. The molecule has 1 aromatic carbocycles. The maximum absolute atomic E-state index is 13.6. The van der Waals surface area contributed by atoms with Crippen LogP contribution in [0.3, 0.4) is 0 Å². The molecular weight excluding hydrogens is 837 g/mol. The molecule has 0 saturated carbocycles. The first-order chi connectivity index (χ1) is 29.0. The van der Waals surface area contributed by atoms with E-state index < -0.39 is 127 Å². The van der Waals surface area contributed by atoms with Gasteiger partial charge >= 0.3 is 11.9 Å². The highest BCUT2D eigenvalue weighted by Gasteiger charge is 2.37. The zero-order chi connectivity index (χ0) is 47.4. The zero-order valence-corrected chi connectivity index (χ0v) is 36.4. The topological polar surface area (TPSA) is 365 Å². The summed E-state index contributed by atoms with van der Waals surface area (Å²) in [7, 11) is 0. The van der Waals surface area contributed by atoms with Gasteiger partial charge in [-0.1, -0.05) is 64.4 Å². The fourth-order valence-electron chi connectivity index (χ4n) is 5.69. The SMILES string of the molecule is CC[C@H](C)[C@@H](N)C(=O)N[C@H](Cc1ccccc1)C(=O)N[C@@H](C(=O)N[C@H](CO)C(=O)N[C@@H](C(=O)N[C@H](CC(=O)O)C(=O)N[C@H](CS)C(=O)N[C@H](CC(C)C)C(=O)O)[C@@H](C)O)[C@@H](C)O. The smallest absolute Gasteiger partial charge is 0.326 e. The van der Waals surface area contributed by atoms with Gasteiger partial charge in [0.05, 0.1) is 31.3 Å². The van der Waals surface area contributed by atoms with E-state index in [0.29, 0.717) is 12.0 Å². The van der Waals surface area contributed by atoms with Crippen LogP contribution in [-0.2, 0) is 49.6 Å². The highest BCUT2D eigenvalue weighted by atomic mass is 32.1. The Kier molecular flexibility index (Phi) is 23.7. The number of benzene rings is 1. The molecule has 0 aliphatic rings.